The highest BCUT2D eigenvalue weighted by atomic mass is 32.2. The van der Waals surface area contributed by atoms with Gasteiger partial charge in [0, 0.05) is 25.7 Å². The summed E-state index contributed by atoms with van der Waals surface area (Å²) in [5.74, 6) is -0.536. The van der Waals surface area contributed by atoms with Crippen molar-refractivity contribution in [3.8, 4) is 0 Å². The van der Waals surface area contributed by atoms with E-state index in [1.165, 1.54) is 35.9 Å². The fourth-order valence-electron chi connectivity index (χ4n) is 2.70. The number of aromatic nitrogens is 4. The van der Waals surface area contributed by atoms with Gasteiger partial charge in [-0.2, -0.15) is 0 Å². The van der Waals surface area contributed by atoms with Gasteiger partial charge in [0.25, 0.3) is 11.6 Å². The molecule has 0 bridgehead atoms. The lowest BCUT2D eigenvalue weighted by Gasteiger charge is -2.05. The minimum atomic E-state index is -0.536. The monoisotopic (exact) mass is 441 g/mol. The summed E-state index contributed by atoms with van der Waals surface area (Å²) in [5, 5.41) is 23.9. The van der Waals surface area contributed by atoms with E-state index in [1.807, 2.05) is 35.9 Å². The molecule has 4 aromatic rings. The summed E-state index contributed by atoms with van der Waals surface area (Å²) < 4.78 is 4.55. The number of fused-ring (bicyclic) bond motifs is 1. The van der Waals surface area contributed by atoms with E-state index in [1.54, 1.807) is 11.6 Å². The second-order valence-electron chi connectivity index (χ2n) is 6.23. The number of amides is 1. The third kappa shape index (κ3) is 3.82. The number of nitro groups is 1. The maximum Gasteiger partial charge on any atom is 0.284 e. The third-order valence-electron chi connectivity index (χ3n) is 4.26. The Hall–Kier alpha value is -3.51. The van der Waals surface area contributed by atoms with Gasteiger partial charge in [-0.15, -0.1) is 15.3 Å². The van der Waals surface area contributed by atoms with Crippen molar-refractivity contribution < 1.29 is 9.72 Å². The standard InChI is InChI=1S/C18H15N7O3S2/c1-23-10-19-21-17(23)29-15-8-7-11(9-13(15)25(27)28)16(26)20-22-18-24(2)12-5-3-4-6-14(12)30-18/h3-10H,1-2H3,(H,20,26). The van der Waals surface area contributed by atoms with Crippen molar-refractivity contribution in [2.75, 3.05) is 0 Å². The van der Waals surface area contributed by atoms with Crippen molar-refractivity contribution in [2.24, 2.45) is 19.2 Å². The first-order valence-corrected chi connectivity index (χ1v) is 10.3. The third-order valence-corrected chi connectivity index (χ3v) is 6.49. The number of para-hydroxylation sites is 1. The molecule has 0 fully saturated rings. The van der Waals surface area contributed by atoms with Gasteiger partial charge in [-0.1, -0.05) is 23.5 Å². The molecular weight excluding hydrogens is 426 g/mol. The molecule has 4 rings (SSSR count). The lowest BCUT2D eigenvalue weighted by atomic mass is 10.2. The van der Waals surface area contributed by atoms with E-state index >= 15 is 0 Å². The summed E-state index contributed by atoms with van der Waals surface area (Å²) in [7, 11) is 3.60. The predicted molar refractivity (Wildman–Crippen MR) is 112 cm³/mol. The van der Waals surface area contributed by atoms with Crippen LogP contribution in [0.25, 0.3) is 10.2 Å². The molecule has 1 amide bonds. The van der Waals surface area contributed by atoms with Gasteiger partial charge in [0.1, 0.15) is 6.33 Å². The molecule has 0 unspecified atom stereocenters. The van der Waals surface area contributed by atoms with Crippen LogP contribution in [-0.4, -0.2) is 30.2 Å². The average Bonchev–Trinajstić information content (AvgIpc) is 3.29. The van der Waals surface area contributed by atoms with E-state index in [9.17, 15) is 14.9 Å². The van der Waals surface area contributed by atoms with E-state index in [4.69, 9.17) is 0 Å². The number of thiazole rings is 1. The fourth-order valence-corrected chi connectivity index (χ4v) is 4.53. The Bertz CT molecular complexity index is 1340. The normalized spacial score (nSPS) is 11.7. The molecule has 0 aliphatic rings. The summed E-state index contributed by atoms with van der Waals surface area (Å²) in [4.78, 5) is 24.5. The Balaban J connectivity index is 1.61. The number of carbonyl (C=O) groups is 1. The number of hydrogen-bond donors (Lipinski definition) is 1. The molecule has 2 aromatic heterocycles. The van der Waals surface area contributed by atoms with Crippen molar-refractivity contribution in [3.63, 3.8) is 0 Å². The van der Waals surface area contributed by atoms with Gasteiger partial charge in [0.05, 0.1) is 20.0 Å². The number of rotatable bonds is 5. The van der Waals surface area contributed by atoms with Crippen LogP contribution < -0.4 is 10.2 Å². The maximum atomic E-state index is 12.5. The minimum Gasteiger partial charge on any atom is -0.318 e. The summed E-state index contributed by atoms with van der Waals surface area (Å²) >= 11 is 2.53. The Morgan fingerprint density at radius 1 is 1.27 bits per heavy atom. The van der Waals surface area contributed by atoms with Gasteiger partial charge in [0.2, 0.25) is 4.80 Å². The van der Waals surface area contributed by atoms with Crippen molar-refractivity contribution in [3.05, 3.63) is 69.3 Å². The average molecular weight is 441 g/mol. The fraction of sp³-hybridized carbons (Fsp3) is 0.111. The van der Waals surface area contributed by atoms with Crippen LogP contribution in [0.15, 0.2) is 63.9 Å². The molecule has 0 atom stereocenters. The van der Waals surface area contributed by atoms with Crippen molar-refractivity contribution in [1.82, 2.24) is 24.8 Å². The van der Waals surface area contributed by atoms with E-state index in [0.717, 1.165) is 22.0 Å². The summed E-state index contributed by atoms with van der Waals surface area (Å²) in [6.07, 6.45) is 1.51. The van der Waals surface area contributed by atoms with Gasteiger partial charge < -0.3 is 9.13 Å². The van der Waals surface area contributed by atoms with Crippen LogP contribution in [0.5, 0.6) is 0 Å². The predicted octanol–water partition coefficient (Wildman–Crippen LogP) is 2.67. The zero-order valence-corrected chi connectivity index (χ0v) is 17.5. The van der Waals surface area contributed by atoms with Crippen molar-refractivity contribution >= 4 is 44.9 Å². The minimum absolute atomic E-state index is 0.136. The number of benzene rings is 2. The van der Waals surface area contributed by atoms with Gasteiger partial charge in [0.15, 0.2) is 5.16 Å². The zero-order chi connectivity index (χ0) is 21.3. The highest BCUT2D eigenvalue weighted by Gasteiger charge is 2.20. The molecule has 12 heteroatoms. The summed E-state index contributed by atoms with van der Waals surface area (Å²) in [5.41, 5.74) is 3.42. The topological polar surface area (TPSA) is 120 Å². The number of aryl methyl sites for hydroxylation is 2. The number of nitrogens with one attached hydrogen (secondary N) is 1. The molecule has 30 heavy (non-hydrogen) atoms. The zero-order valence-electron chi connectivity index (χ0n) is 15.8. The molecule has 1 N–H and O–H groups in total. The van der Waals surface area contributed by atoms with E-state index in [0.29, 0.717) is 14.9 Å². The molecule has 2 heterocycles. The Morgan fingerprint density at radius 3 is 2.77 bits per heavy atom. The van der Waals surface area contributed by atoms with Crippen LogP contribution >= 0.6 is 23.1 Å². The van der Waals surface area contributed by atoms with Crippen LogP contribution in [0.1, 0.15) is 10.4 Å². The smallest absolute Gasteiger partial charge is 0.284 e. The first-order valence-electron chi connectivity index (χ1n) is 8.63. The SMILES string of the molecule is Cn1cnnc1Sc1ccc(C(=O)NN=c2sc3ccccc3n2C)cc1[N+](=O)[O-]. The van der Waals surface area contributed by atoms with E-state index in [-0.39, 0.29) is 11.3 Å². The van der Waals surface area contributed by atoms with Gasteiger partial charge in [-0.05, 0) is 36.0 Å². The van der Waals surface area contributed by atoms with Crippen LogP contribution in [0, 0.1) is 10.1 Å². The van der Waals surface area contributed by atoms with Crippen LogP contribution in [0.4, 0.5) is 5.69 Å². The summed E-state index contributed by atoms with van der Waals surface area (Å²) in [6, 6.07) is 12.1. The quantitative estimate of drug-likeness (QED) is 0.375. The largest absolute Gasteiger partial charge is 0.318 e. The van der Waals surface area contributed by atoms with Crippen LogP contribution in [-0.2, 0) is 14.1 Å². The second kappa shape index (κ2) is 8.08. The lowest BCUT2D eigenvalue weighted by molar-refractivity contribution is -0.387. The Labute approximate surface area is 178 Å². The van der Waals surface area contributed by atoms with Gasteiger partial charge in [-0.3, -0.25) is 14.9 Å². The van der Waals surface area contributed by atoms with Crippen LogP contribution in [0.2, 0.25) is 0 Å². The first kappa shape index (κ1) is 19.8. The molecule has 0 radical (unpaired) electrons. The Morgan fingerprint density at radius 2 is 2.07 bits per heavy atom. The molecule has 152 valence electrons. The highest BCUT2D eigenvalue weighted by molar-refractivity contribution is 7.99. The highest BCUT2D eigenvalue weighted by Crippen LogP contribution is 2.34. The Kier molecular flexibility index (Phi) is 5.33. The molecule has 0 saturated heterocycles. The number of carbonyl (C=O) groups excluding carboxylic acids is 1. The maximum absolute atomic E-state index is 12.5. The van der Waals surface area contributed by atoms with Crippen LogP contribution in [0.3, 0.4) is 0 Å². The van der Waals surface area contributed by atoms with E-state index < -0.39 is 10.8 Å². The number of nitrogens with zero attached hydrogens (tertiary/aromatic N) is 6. The molecule has 0 aliphatic carbocycles. The summed E-state index contributed by atoms with van der Waals surface area (Å²) in [6.45, 7) is 0. The van der Waals surface area contributed by atoms with E-state index in [2.05, 4.69) is 20.7 Å². The molecular formula is C18H15N7O3S2. The molecule has 0 aliphatic heterocycles. The molecule has 10 nitrogen and oxygen atoms in total. The van der Waals surface area contributed by atoms with Crippen molar-refractivity contribution in [1.29, 1.82) is 0 Å². The molecule has 0 spiro atoms. The lowest BCUT2D eigenvalue weighted by Crippen LogP contribution is -2.23. The number of hydrogen-bond acceptors (Lipinski definition) is 8. The molecule has 2 aromatic carbocycles. The first-order chi connectivity index (χ1) is 14.4. The number of nitro benzene ring substituents is 1. The second-order valence-corrected chi connectivity index (χ2v) is 8.25. The van der Waals surface area contributed by atoms with Gasteiger partial charge >= 0.3 is 0 Å². The molecule has 0 saturated carbocycles. The van der Waals surface area contributed by atoms with Gasteiger partial charge in [-0.25, -0.2) is 5.43 Å². The van der Waals surface area contributed by atoms with Crippen molar-refractivity contribution in [2.45, 2.75) is 10.1 Å².